The second-order valence-corrected chi connectivity index (χ2v) is 12.9. The molecule has 0 saturated heterocycles. The van der Waals surface area contributed by atoms with Crippen LogP contribution in [0.1, 0.15) is 29.2 Å². The van der Waals surface area contributed by atoms with Gasteiger partial charge >= 0.3 is 0 Å². The second-order valence-electron chi connectivity index (χ2n) is 9.34. The van der Waals surface area contributed by atoms with Crippen LogP contribution in [0, 0.1) is 20.8 Å². The van der Waals surface area contributed by atoms with Crippen LogP contribution >= 0.6 is 7.26 Å². The van der Waals surface area contributed by atoms with E-state index in [2.05, 4.69) is 143 Å². The number of halogens is 1. The van der Waals surface area contributed by atoms with Gasteiger partial charge in [-0.15, -0.1) is 0 Å². The molecule has 3 heteroatoms. The molecule has 37 heavy (non-hydrogen) atoms. The molecule has 4 aromatic rings. The number of hydrogen-bond donors (Lipinski definition) is 0. The van der Waals surface area contributed by atoms with Crippen LogP contribution in [-0.4, -0.2) is 13.3 Å². The Bertz CT molecular complexity index is 1260. The van der Waals surface area contributed by atoms with Gasteiger partial charge in [-0.3, -0.25) is 0 Å². The number of allylic oxidation sites excluding steroid dienone is 3. The van der Waals surface area contributed by atoms with E-state index in [9.17, 15) is 0 Å². The summed E-state index contributed by atoms with van der Waals surface area (Å²) in [5, 5.41) is 4.23. The Morgan fingerprint density at radius 2 is 1.19 bits per heavy atom. The van der Waals surface area contributed by atoms with Crippen molar-refractivity contribution >= 4 is 29.3 Å². The van der Waals surface area contributed by atoms with Crippen LogP contribution in [0.2, 0.25) is 0 Å². The van der Waals surface area contributed by atoms with Gasteiger partial charge in [-0.1, -0.05) is 72.3 Å². The molecule has 0 radical (unpaired) electrons. The summed E-state index contributed by atoms with van der Waals surface area (Å²) >= 11 is 0. The molecule has 0 heterocycles. The fraction of sp³-hybridized carbons (Fsp3) is 0.176. The monoisotopic (exact) mass is 526 g/mol. The predicted molar refractivity (Wildman–Crippen MR) is 160 cm³/mol. The Kier molecular flexibility index (Phi) is 9.93. The van der Waals surface area contributed by atoms with Gasteiger partial charge in [0, 0.05) is 0 Å². The summed E-state index contributed by atoms with van der Waals surface area (Å²) in [4.78, 5) is 0. The van der Waals surface area contributed by atoms with Crippen LogP contribution in [0.3, 0.4) is 0 Å². The van der Waals surface area contributed by atoms with Crippen LogP contribution in [0.4, 0.5) is 0 Å². The SMILES string of the molecule is COc1cc(C)c(/C=C/C(C)=C/C[P+](c2ccccc2)(c2ccccc2)c2ccccc2)c(C)c1C.[Cl-]. The lowest BCUT2D eigenvalue weighted by Crippen LogP contribution is -3.00. The highest BCUT2D eigenvalue weighted by Crippen LogP contribution is 2.55. The molecular weight excluding hydrogens is 491 g/mol. The Morgan fingerprint density at radius 1 is 0.730 bits per heavy atom. The zero-order valence-corrected chi connectivity index (χ0v) is 24.1. The minimum absolute atomic E-state index is 0. The Labute approximate surface area is 229 Å². The van der Waals surface area contributed by atoms with Crippen LogP contribution in [0.15, 0.2) is 115 Å². The summed E-state index contributed by atoms with van der Waals surface area (Å²) in [7, 11) is -0.126. The number of benzene rings is 4. The van der Waals surface area contributed by atoms with Gasteiger partial charge in [0.1, 0.15) is 28.9 Å². The van der Waals surface area contributed by atoms with Gasteiger partial charge in [0.15, 0.2) is 0 Å². The van der Waals surface area contributed by atoms with Crippen molar-refractivity contribution in [2.75, 3.05) is 13.3 Å². The number of hydrogen-bond acceptors (Lipinski definition) is 1. The minimum atomic E-state index is -1.87. The first-order valence-corrected chi connectivity index (χ1v) is 14.5. The van der Waals surface area contributed by atoms with Gasteiger partial charge in [-0.2, -0.15) is 0 Å². The van der Waals surface area contributed by atoms with Crippen molar-refractivity contribution in [2.45, 2.75) is 27.7 Å². The average molecular weight is 527 g/mol. The molecule has 0 spiro atoms. The highest BCUT2D eigenvalue weighted by Gasteiger charge is 2.44. The Balaban J connectivity index is 0.00000380. The van der Waals surface area contributed by atoms with Crippen molar-refractivity contribution in [2.24, 2.45) is 0 Å². The molecule has 0 aromatic heterocycles. The summed E-state index contributed by atoms with van der Waals surface area (Å²) in [6.07, 6.45) is 7.92. The van der Waals surface area contributed by atoms with Crippen molar-refractivity contribution in [1.82, 2.24) is 0 Å². The number of ether oxygens (including phenoxy) is 1. The molecule has 0 fully saturated rings. The van der Waals surface area contributed by atoms with E-state index >= 15 is 0 Å². The van der Waals surface area contributed by atoms with E-state index in [0.29, 0.717) is 0 Å². The summed E-state index contributed by atoms with van der Waals surface area (Å²) in [6.45, 7) is 8.68. The molecule has 0 atom stereocenters. The molecule has 0 N–H and O–H groups in total. The lowest BCUT2D eigenvalue weighted by atomic mass is 9.96. The van der Waals surface area contributed by atoms with E-state index in [1.165, 1.54) is 43.7 Å². The smallest absolute Gasteiger partial charge is 0.122 e. The first-order valence-electron chi connectivity index (χ1n) is 12.5. The normalized spacial score (nSPS) is 11.9. The third-order valence-electron chi connectivity index (χ3n) is 7.12. The molecule has 0 aliphatic heterocycles. The summed E-state index contributed by atoms with van der Waals surface area (Å²) in [5.41, 5.74) is 6.26. The first kappa shape index (κ1) is 28.5. The van der Waals surface area contributed by atoms with Crippen LogP contribution in [-0.2, 0) is 0 Å². The predicted octanol–water partition coefficient (Wildman–Crippen LogP) is 4.58. The maximum Gasteiger partial charge on any atom is 0.122 e. The van der Waals surface area contributed by atoms with Gasteiger partial charge in [0.25, 0.3) is 0 Å². The molecule has 0 aliphatic carbocycles. The summed E-state index contributed by atoms with van der Waals surface area (Å²) in [6, 6.07) is 35.3. The van der Waals surface area contributed by atoms with Crippen LogP contribution in [0.5, 0.6) is 5.75 Å². The highest BCUT2D eigenvalue weighted by molar-refractivity contribution is 7.95. The van der Waals surface area contributed by atoms with Gasteiger partial charge < -0.3 is 17.1 Å². The van der Waals surface area contributed by atoms with E-state index in [4.69, 9.17) is 4.74 Å². The molecule has 0 bridgehead atoms. The average Bonchev–Trinajstić information content (AvgIpc) is 2.93. The van der Waals surface area contributed by atoms with E-state index in [1.807, 2.05) is 0 Å². The largest absolute Gasteiger partial charge is 1.00 e. The van der Waals surface area contributed by atoms with E-state index in [1.54, 1.807) is 7.11 Å². The van der Waals surface area contributed by atoms with Crippen LogP contribution in [0.25, 0.3) is 6.08 Å². The number of aryl methyl sites for hydroxylation is 1. The molecule has 0 saturated carbocycles. The van der Waals surface area contributed by atoms with Crippen molar-refractivity contribution in [3.63, 3.8) is 0 Å². The molecule has 1 nitrogen and oxygen atoms in total. The van der Waals surface area contributed by atoms with E-state index in [0.717, 1.165) is 11.9 Å². The standard InChI is InChI=1S/C34H36OP.ClH/c1-26(21-22-33-27(2)25-34(35-5)29(4)28(33)3)23-24-36(30-15-9-6-10-16-30,31-17-11-7-12-18-31)32-19-13-8-14-20-32;/h6-23,25H,24H2,1-5H3;1H/q+1;/p-1/b22-21+,26-23+;. The zero-order valence-electron chi connectivity index (χ0n) is 22.4. The summed E-state index contributed by atoms with van der Waals surface area (Å²) < 4.78 is 5.56. The molecule has 0 unspecified atom stereocenters. The van der Waals surface area contributed by atoms with Gasteiger partial charge in [-0.05, 0) is 98.5 Å². The maximum absolute atomic E-state index is 5.56. The van der Waals surface area contributed by atoms with Gasteiger partial charge in [0.2, 0.25) is 0 Å². The zero-order chi connectivity index (χ0) is 25.5. The fourth-order valence-corrected chi connectivity index (χ4v) is 9.04. The van der Waals surface area contributed by atoms with Gasteiger partial charge in [0.05, 0.1) is 13.3 Å². The molecule has 4 rings (SSSR count). The van der Waals surface area contributed by atoms with E-state index < -0.39 is 7.26 Å². The first-order chi connectivity index (χ1) is 17.5. The maximum atomic E-state index is 5.56. The lowest BCUT2D eigenvalue weighted by Gasteiger charge is -2.26. The van der Waals surface area contributed by atoms with Crippen molar-refractivity contribution < 1.29 is 17.1 Å². The lowest BCUT2D eigenvalue weighted by molar-refractivity contribution is -0.00000757. The summed E-state index contributed by atoms with van der Waals surface area (Å²) in [5.74, 6) is 0.956. The van der Waals surface area contributed by atoms with E-state index in [-0.39, 0.29) is 12.4 Å². The molecule has 0 aliphatic rings. The van der Waals surface area contributed by atoms with Gasteiger partial charge in [-0.25, -0.2) is 0 Å². The molecule has 4 aromatic carbocycles. The number of rotatable bonds is 8. The third-order valence-corrected chi connectivity index (χ3v) is 11.4. The minimum Gasteiger partial charge on any atom is -1.00 e. The van der Waals surface area contributed by atoms with Crippen LogP contribution < -0.4 is 33.1 Å². The Morgan fingerprint density at radius 3 is 1.62 bits per heavy atom. The topological polar surface area (TPSA) is 9.23 Å². The van der Waals surface area contributed by atoms with Crippen molar-refractivity contribution in [1.29, 1.82) is 0 Å². The number of methoxy groups -OCH3 is 1. The molecule has 190 valence electrons. The third kappa shape index (κ3) is 6.07. The van der Waals surface area contributed by atoms with Crippen molar-refractivity contribution in [3.8, 4) is 5.75 Å². The molecule has 0 amide bonds. The fourth-order valence-electron chi connectivity index (χ4n) is 4.91. The second kappa shape index (κ2) is 12.9. The quantitative estimate of drug-likeness (QED) is 0.241. The molecular formula is C34H36ClOP. The highest BCUT2D eigenvalue weighted by atomic mass is 35.5. The Hall–Kier alpha value is -3.12. The van der Waals surface area contributed by atoms with Crippen molar-refractivity contribution in [3.05, 3.63) is 137 Å².